The number of aryl methyl sites for hydroxylation is 1. The van der Waals surface area contributed by atoms with E-state index in [2.05, 4.69) is 9.84 Å². The van der Waals surface area contributed by atoms with Crippen molar-refractivity contribution in [3.8, 4) is 17.4 Å². The third kappa shape index (κ3) is 4.44. The first-order chi connectivity index (χ1) is 13.0. The summed E-state index contributed by atoms with van der Waals surface area (Å²) in [5, 5.41) is 13.9. The molecule has 0 spiro atoms. The fraction of sp³-hybridized carbons (Fsp3) is 0.333. The molecule has 13 heteroatoms. The Balaban J connectivity index is 2.39. The van der Waals surface area contributed by atoms with Gasteiger partial charge in [0.1, 0.15) is 10.8 Å². The zero-order chi connectivity index (χ0) is 21.2. The van der Waals surface area contributed by atoms with E-state index in [-0.39, 0.29) is 11.5 Å². The monoisotopic (exact) mass is 423 g/mol. The second kappa shape index (κ2) is 7.92. The Labute approximate surface area is 160 Å². The van der Waals surface area contributed by atoms with Crippen molar-refractivity contribution in [3.63, 3.8) is 0 Å². The van der Waals surface area contributed by atoms with E-state index in [1.807, 2.05) is 0 Å². The predicted octanol–water partition coefficient (Wildman–Crippen LogP) is 3.73. The van der Waals surface area contributed by atoms with E-state index in [9.17, 15) is 28.1 Å². The van der Waals surface area contributed by atoms with Gasteiger partial charge in [-0.05, 0) is 13.0 Å². The molecular formula is C15H13ClF3N3O6. The van der Waals surface area contributed by atoms with Crippen LogP contribution in [0.5, 0.6) is 17.4 Å². The van der Waals surface area contributed by atoms with Gasteiger partial charge in [-0.15, -0.1) is 5.10 Å². The van der Waals surface area contributed by atoms with Gasteiger partial charge in [-0.25, -0.2) is 4.79 Å². The molecule has 1 atom stereocenters. The molecule has 0 aliphatic heterocycles. The molecule has 9 nitrogen and oxygen atoms in total. The average Bonchev–Trinajstić information content (AvgIpc) is 2.87. The molecule has 0 aliphatic rings. The van der Waals surface area contributed by atoms with Crippen molar-refractivity contribution in [2.24, 2.45) is 7.05 Å². The summed E-state index contributed by atoms with van der Waals surface area (Å²) in [7, 11) is 2.14. The van der Waals surface area contributed by atoms with Gasteiger partial charge in [-0.2, -0.15) is 13.2 Å². The second-order valence-electron chi connectivity index (χ2n) is 5.36. The molecule has 0 N–H and O–H groups in total. The van der Waals surface area contributed by atoms with E-state index in [4.69, 9.17) is 21.1 Å². The topological polar surface area (TPSA) is 106 Å². The minimum absolute atomic E-state index is 0.147. The number of nitro benzene ring substituents is 1. The van der Waals surface area contributed by atoms with Crippen LogP contribution in [0.25, 0.3) is 0 Å². The summed E-state index contributed by atoms with van der Waals surface area (Å²) < 4.78 is 54.4. The van der Waals surface area contributed by atoms with Gasteiger partial charge in [-0.1, -0.05) is 11.6 Å². The van der Waals surface area contributed by atoms with Gasteiger partial charge < -0.3 is 14.2 Å². The largest absolute Gasteiger partial charge is 0.472 e. The Morgan fingerprint density at radius 3 is 2.54 bits per heavy atom. The molecule has 1 aromatic heterocycles. The maximum Gasteiger partial charge on any atom is 0.434 e. The number of halogens is 4. The van der Waals surface area contributed by atoms with Gasteiger partial charge in [0.05, 0.1) is 12.0 Å². The number of hydrogen-bond donors (Lipinski definition) is 0. The predicted molar refractivity (Wildman–Crippen MR) is 88.5 cm³/mol. The molecule has 0 bridgehead atoms. The zero-order valence-electron chi connectivity index (χ0n) is 14.6. The first-order valence-electron chi connectivity index (χ1n) is 7.46. The summed E-state index contributed by atoms with van der Waals surface area (Å²) >= 11 is 5.70. The minimum atomic E-state index is -4.76. The molecule has 28 heavy (non-hydrogen) atoms. The maximum absolute atomic E-state index is 13.0. The molecule has 0 saturated heterocycles. The number of benzene rings is 1. The Morgan fingerprint density at radius 1 is 1.39 bits per heavy atom. The lowest BCUT2D eigenvalue weighted by atomic mass is 10.2. The number of nitrogens with zero attached hydrogens (tertiary/aromatic N) is 3. The summed E-state index contributed by atoms with van der Waals surface area (Å²) in [6.45, 7) is 1.30. The number of alkyl halides is 3. The van der Waals surface area contributed by atoms with Gasteiger partial charge in [0.15, 0.2) is 11.8 Å². The SMILES string of the molecule is COC(=O)[C@@H](C)Oc1cc(Oc2nn(C)c(C(F)(F)F)c2Cl)ccc1[N+](=O)[O-]. The highest BCUT2D eigenvalue weighted by atomic mass is 35.5. The van der Waals surface area contributed by atoms with E-state index in [0.717, 1.165) is 32.4 Å². The summed E-state index contributed by atoms with van der Waals surface area (Å²) in [5.74, 6) is -1.85. The number of aromatic nitrogens is 2. The van der Waals surface area contributed by atoms with E-state index in [1.165, 1.54) is 6.92 Å². The molecule has 0 unspecified atom stereocenters. The third-order valence-corrected chi connectivity index (χ3v) is 3.75. The number of carbonyl (C=O) groups is 1. The number of rotatable bonds is 6. The quantitative estimate of drug-likeness (QED) is 0.396. The van der Waals surface area contributed by atoms with Crippen LogP contribution in [0.2, 0.25) is 5.02 Å². The Kier molecular flexibility index (Phi) is 6.02. The van der Waals surface area contributed by atoms with Crippen LogP contribution in [-0.4, -0.2) is 33.9 Å². The van der Waals surface area contributed by atoms with Gasteiger partial charge in [0, 0.05) is 19.2 Å². The fourth-order valence-corrected chi connectivity index (χ4v) is 2.47. The maximum atomic E-state index is 13.0. The number of carbonyl (C=O) groups excluding carboxylic acids is 1. The molecular weight excluding hydrogens is 411 g/mol. The highest BCUT2D eigenvalue weighted by molar-refractivity contribution is 6.32. The van der Waals surface area contributed by atoms with Crippen molar-refractivity contribution < 1.29 is 37.1 Å². The van der Waals surface area contributed by atoms with Gasteiger partial charge in [0.25, 0.3) is 5.88 Å². The summed E-state index contributed by atoms with van der Waals surface area (Å²) in [5.41, 5.74) is -1.71. The van der Waals surface area contributed by atoms with Gasteiger partial charge >= 0.3 is 17.8 Å². The van der Waals surface area contributed by atoms with Crippen LogP contribution in [0.3, 0.4) is 0 Å². The molecule has 152 valence electrons. The van der Waals surface area contributed by atoms with Crippen molar-refractivity contribution in [1.29, 1.82) is 0 Å². The molecule has 1 heterocycles. The Hall–Kier alpha value is -3.02. The van der Waals surface area contributed by atoms with E-state index in [0.29, 0.717) is 4.68 Å². The number of methoxy groups -OCH3 is 1. The van der Waals surface area contributed by atoms with Crippen molar-refractivity contribution in [2.45, 2.75) is 19.2 Å². The van der Waals surface area contributed by atoms with E-state index in [1.54, 1.807) is 0 Å². The van der Waals surface area contributed by atoms with Gasteiger partial charge in [-0.3, -0.25) is 14.8 Å². The smallest absolute Gasteiger partial charge is 0.434 e. The molecule has 0 fully saturated rings. The second-order valence-corrected chi connectivity index (χ2v) is 5.74. The standard InChI is InChI=1S/C15H13ClF3N3O6/c1-7(14(23)26-3)27-10-6-8(4-5-9(10)22(24)25)28-13-11(16)12(15(17,18)19)21(2)20-13/h4-7H,1-3H3/t7-/m1/s1. The molecule has 0 aliphatic carbocycles. The zero-order valence-corrected chi connectivity index (χ0v) is 15.4. The normalized spacial score (nSPS) is 12.4. The van der Waals surface area contributed by atoms with Crippen molar-refractivity contribution in [3.05, 3.63) is 39.0 Å². The van der Waals surface area contributed by atoms with Crippen molar-refractivity contribution in [1.82, 2.24) is 9.78 Å². The Bertz CT molecular complexity index is 915. The lowest BCUT2D eigenvalue weighted by Crippen LogP contribution is -2.25. The van der Waals surface area contributed by atoms with Crippen LogP contribution in [0, 0.1) is 10.1 Å². The molecule has 2 rings (SSSR count). The average molecular weight is 424 g/mol. The summed E-state index contributed by atoms with van der Waals surface area (Å²) in [6, 6.07) is 3.14. The number of ether oxygens (including phenoxy) is 3. The minimum Gasteiger partial charge on any atom is -0.472 e. The van der Waals surface area contributed by atoms with E-state index >= 15 is 0 Å². The molecule has 0 radical (unpaired) electrons. The highest BCUT2D eigenvalue weighted by Crippen LogP contribution is 2.41. The Morgan fingerprint density at radius 2 is 2.04 bits per heavy atom. The number of esters is 1. The molecule has 1 aromatic carbocycles. The van der Waals surface area contributed by atoms with Crippen LogP contribution < -0.4 is 9.47 Å². The van der Waals surface area contributed by atoms with Crippen molar-refractivity contribution in [2.75, 3.05) is 7.11 Å². The van der Waals surface area contributed by atoms with Crippen LogP contribution in [0.4, 0.5) is 18.9 Å². The van der Waals surface area contributed by atoms with Crippen molar-refractivity contribution >= 4 is 23.3 Å². The van der Waals surface area contributed by atoms with Crippen LogP contribution >= 0.6 is 11.6 Å². The van der Waals surface area contributed by atoms with Crippen LogP contribution in [0.15, 0.2) is 18.2 Å². The van der Waals surface area contributed by atoms with Crippen LogP contribution in [-0.2, 0) is 22.8 Å². The molecule has 0 saturated carbocycles. The van der Waals surface area contributed by atoms with E-state index < -0.39 is 45.5 Å². The summed E-state index contributed by atoms with van der Waals surface area (Å²) in [6.07, 6.45) is -5.95. The molecule has 2 aromatic rings. The first kappa shape index (κ1) is 21.3. The molecule has 0 amide bonds. The summed E-state index contributed by atoms with van der Waals surface area (Å²) in [4.78, 5) is 21.8. The third-order valence-electron chi connectivity index (χ3n) is 3.41. The highest BCUT2D eigenvalue weighted by Gasteiger charge is 2.39. The lowest BCUT2D eigenvalue weighted by molar-refractivity contribution is -0.386. The first-order valence-corrected chi connectivity index (χ1v) is 7.84. The number of hydrogen-bond acceptors (Lipinski definition) is 7. The number of nitro groups is 1. The van der Waals surface area contributed by atoms with Gasteiger partial charge in [0.2, 0.25) is 5.75 Å². The van der Waals surface area contributed by atoms with Crippen LogP contribution in [0.1, 0.15) is 12.6 Å². The fourth-order valence-electron chi connectivity index (χ4n) is 2.17. The lowest BCUT2D eigenvalue weighted by Gasteiger charge is -2.13.